The molecule has 4 saturated heterocycles. The largest absolute Gasteiger partial charge is 0.458 e. The zero-order chi connectivity index (χ0) is 42.7. The third-order valence-corrected chi connectivity index (χ3v) is 11.6. The van der Waals surface area contributed by atoms with Gasteiger partial charge in [-0.05, 0) is 100 Å². The zero-order valence-corrected chi connectivity index (χ0v) is 33.6. The van der Waals surface area contributed by atoms with E-state index in [1.165, 1.54) is 40.7 Å². The molecule has 4 heterocycles. The van der Waals surface area contributed by atoms with Crippen LogP contribution in [0.5, 0.6) is 0 Å². The Balaban J connectivity index is 1.34. The molecule has 0 unspecified atom stereocenters. The predicted molar refractivity (Wildman–Crippen MR) is 205 cm³/mol. The normalized spacial score (nSPS) is 27.3. The number of ether oxygens (including phenoxy) is 1. The number of rotatable bonds is 7. The molecule has 3 N–H and O–H groups in total. The summed E-state index contributed by atoms with van der Waals surface area (Å²) in [6, 6.07) is -0.450. The van der Waals surface area contributed by atoms with Gasteiger partial charge in [0.2, 0.25) is 35.4 Å². The maximum atomic E-state index is 14.7. The number of hydrogen-bond acceptors (Lipinski definition) is 8. The van der Waals surface area contributed by atoms with Gasteiger partial charge in [-0.15, -0.1) is 0 Å². The minimum absolute atomic E-state index is 0.0204. The predicted octanol–water partition coefficient (Wildman–Crippen LogP) is 2.23. The number of amides is 6. The van der Waals surface area contributed by atoms with Crippen molar-refractivity contribution < 1.29 is 51.5 Å². The van der Waals surface area contributed by atoms with Crippen LogP contribution in [0.4, 0.5) is 13.2 Å². The van der Waals surface area contributed by atoms with Crippen LogP contribution in [-0.2, 0) is 51.1 Å². The molecule has 4 aliphatic rings. The van der Waals surface area contributed by atoms with E-state index in [2.05, 4.69) is 16.0 Å². The molecule has 0 saturated carbocycles. The second-order valence-electron chi connectivity index (χ2n) is 16.3. The lowest BCUT2D eigenvalue weighted by atomic mass is 9.99. The Morgan fingerprint density at radius 2 is 1.51 bits per heavy atom. The zero-order valence-electron chi connectivity index (χ0n) is 33.6. The number of carbonyl (C=O) groups is 7. The van der Waals surface area contributed by atoms with Crippen molar-refractivity contribution in [1.29, 1.82) is 0 Å². The SMILES string of the molecule is Cc1ccc(CC(=O)N[C@@H](Cc2cc(F)cc(F)c2)C(=O)N[C@@H]2C(=O)N3CCC[C@H]3C(=O)N3CCCC[C@H]3C(=O)N[C@@H](C)C(=O)N3C[C@H](C)C[C@H]3C(=O)O[C@H]2C)c(F)c1. The molecular weight excluding hydrogens is 773 g/mol. The van der Waals surface area contributed by atoms with Gasteiger partial charge in [0.25, 0.3) is 0 Å². The lowest BCUT2D eigenvalue weighted by Crippen LogP contribution is -2.63. The van der Waals surface area contributed by atoms with Gasteiger partial charge in [-0.1, -0.05) is 19.1 Å². The molecule has 0 aliphatic carbocycles. The summed E-state index contributed by atoms with van der Waals surface area (Å²) in [4.78, 5) is 102. The van der Waals surface area contributed by atoms with Crippen LogP contribution in [0.1, 0.15) is 76.0 Å². The molecular formula is C42H51F3N6O8. The van der Waals surface area contributed by atoms with Crippen LogP contribution in [0.25, 0.3) is 0 Å². The van der Waals surface area contributed by atoms with Crippen molar-refractivity contribution in [2.75, 3.05) is 19.6 Å². The topological polar surface area (TPSA) is 175 Å². The van der Waals surface area contributed by atoms with E-state index in [4.69, 9.17) is 4.74 Å². The summed E-state index contributed by atoms with van der Waals surface area (Å²) >= 11 is 0. The molecule has 2 aromatic carbocycles. The molecule has 0 aromatic heterocycles. The Labute approximate surface area is 340 Å². The molecule has 318 valence electrons. The van der Waals surface area contributed by atoms with Crippen LogP contribution in [0.15, 0.2) is 36.4 Å². The van der Waals surface area contributed by atoms with E-state index in [0.717, 1.165) is 12.1 Å². The number of piperidine rings is 1. The third-order valence-electron chi connectivity index (χ3n) is 11.6. The van der Waals surface area contributed by atoms with Gasteiger partial charge in [-0.3, -0.25) is 28.8 Å². The summed E-state index contributed by atoms with van der Waals surface area (Å²) in [5.41, 5.74) is 0.622. The smallest absolute Gasteiger partial charge is 0.329 e. The van der Waals surface area contributed by atoms with Crippen molar-refractivity contribution in [1.82, 2.24) is 30.7 Å². The summed E-state index contributed by atoms with van der Waals surface area (Å²) in [6.45, 7) is 6.93. The molecule has 4 fully saturated rings. The van der Waals surface area contributed by atoms with Crippen molar-refractivity contribution in [3.8, 4) is 0 Å². The number of fused-ring (bicyclic) bond motifs is 3. The number of benzene rings is 2. The first-order valence-electron chi connectivity index (χ1n) is 20.2. The van der Waals surface area contributed by atoms with Gasteiger partial charge in [0, 0.05) is 32.1 Å². The minimum Gasteiger partial charge on any atom is -0.458 e. The van der Waals surface area contributed by atoms with Crippen LogP contribution in [-0.4, -0.2) is 118 Å². The third kappa shape index (κ3) is 9.87. The van der Waals surface area contributed by atoms with Crippen molar-refractivity contribution in [3.05, 3.63) is 70.5 Å². The number of halogens is 3. The summed E-state index contributed by atoms with van der Waals surface area (Å²) in [6.07, 6.45) is 0.116. The molecule has 17 heteroatoms. The van der Waals surface area contributed by atoms with Gasteiger partial charge in [0.05, 0.1) is 6.42 Å². The van der Waals surface area contributed by atoms with E-state index in [1.807, 2.05) is 6.92 Å². The molecule has 0 radical (unpaired) electrons. The maximum absolute atomic E-state index is 14.7. The number of carbonyl (C=O) groups excluding carboxylic acids is 7. The number of nitrogens with zero attached hydrogens (tertiary/aromatic N) is 3. The lowest BCUT2D eigenvalue weighted by molar-refractivity contribution is -0.163. The molecule has 8 atom stereocenters. The Hall–Kier alpha value is -5.48. The van der Waals surface area contributed by atoms with Crippen LogP contribution in [0, 0.1) is 30.3 Å². The van der Waals surface area contributed by atoms with Gasteiger partial charge in [-0.25, -0.2) is 18.0 Å². The second-order valence-corrected chi connectivity index (χ2v) is 16.3. The monoisotopic (exact) mass is 824 g/mol. The molecule has 59 heavy (non-hydrogen) atoms. The molecule has 6 rings (SSSR count). The van der Waals surface area contributed by atoms with Crippen LogP contribution < -0.4 is 16.0 Å². The molecule has 0 bridgehead atoms. The maximum Gasteiger partial charge on any atom is 0.329 e. The van der Waals surface area contributed by atoms with Gasteiger partial charge in [0.15, 0.2) is 0 Å². The summed E-state index contributed by atoms with van der Waals surface area (Å²) in [5.74, 6) is -7.66. The first-order valence-corrected chi connectivity index (χ1v) is 20.2. The number of cyclic esters (lactones) is 1. The van der Waals surface area contributed by atoms with Gasteiger partial charge in [-0.2, -0.15) is 0 Å². The fourth-order valence-electron chi connectivity index (χ4n) is 8.61. The molecule has 4 aliphatic heterocycles. The van der Waals surface area contributed by atoms with E-state index in [0.29, 0.717) is 37.3 Å². The first kappa shape index (κ1) is 43.1. The average molecular weight is 825 g/mol. The van der Waals surface area contributed by atoms with Crippen molar-refractivity contribution in [3.63, 3.8) is 0 Å². The molecule has 0 spiro atoms. The standard InChI is InChI=1S/C42H51F3N6O8/c1-22-10-11-27(30(45)14-22)19-35(52)47-31(18-26-16-28(43)20-29(44)17-26)37(53)48-36-25(4)59-42(58)34-15-23(2)21-51(34)39(55)24(3)46-38(54)32-8-5-6-12-49(32)40(56)33-9-7-13-50(33)41(36)57/h10-11,14,16-17,20,23-25,31-34,36H,5-9,12-13,15,18-19,21H2,1-4H3,(H,46,54)(H,47,52)(H,48,53)/t23-,24+,25+,31+,32+,33+,34+,36+/m1/s1. The summed E-state index contributed by atoms with van der Waals surface area (Å²) < 4.78 is 49.3. The Bertz CT molecular complexity index is 1980. The summed E-state index contributed by atoms with van der Waals surface area (Å²) in [7, 11) is 0. The van der Waals surface area contributed by atoms with E-state index >= 15 is 0 Å². The first-order chi connectivity index (χ1) is 28.0. The van der Waals surface area contributed by atoms with Crippen LogP contribution in [0.2, 0.25) is 0 Å². The van der Waals surface area contributed by atoms with Crippen LogP contribution in [0.3, 0.4) is 0 Å². The quantitative estimate of drug-likeness (QED) is 0.357. The highest BCUT2D eigenvalue weighted by Crippen LogP contribution is 2.29. The summed E-state index contributed by atoms with van der Waals surface area (Å²) in [5, 5.41) is 7.87. The highest BCUT2D eigenvalue weighted by atomic mass is 19.1. The van der Waals surface area contributed by atoms with Gasteiger partial charge < -0.3 is 35.4 Å². The Morgan fingerprint density at radius 1 is 0.831 bits per heavy atom. The number of nitrogens with one attached hydrogen (secondary N) is 3. The molecule has 14 nitrogen and oxygen atoms in total. The van der Waals surface area contributed by atoms with E-state index in [1.54, 1.807) is 13.0 Å². The molecule has 6 amide bonds. The number of hydrogen-bond donors (Lipinski definition) is 3. The highest BCUT2D eigenvalue weighted by molar-refractivity contribution is 5.98. The Morgan fingerprint density at radius 3 is 2.22 bits per heavy atom. The fourth-order valence-corrected chi connectivity index (χ4v) is 8.61. The van der Waals surface area contributed by atoms with Crippen LogP contribution >= 0.6 is 0 Å². The Kier molecular flexibility index (Phi) is 13.3. The van der Waals surface area contributed by atoms with Gasteiger partial charge >= 0.3 is 5.97 Å². The second kappa shape index (κ2) is 18.2. The fraction of sp³-hybridized carbons (Fsp3) is 0.548. The minimum atomic E-state index is -1.66. The van der Waals surface area contributed by atoms with E-state index < -0.39 is 114 Å². The van der Waals surface area contributed by atoms with Crippen molar-refractivity contribution in [2.45, 2.75) is 121 Å². The van der Waals surface area contributed by atoms with Gasteiger partial charge in [0.1, 0.15) is 59.8 Å². The van der Waals surface area contributed by atoms with Crippen molar-refractivity contribution in [2.24, 2.45) is 5.92 Å². The van der Waals surface area contributed by atoms with Crippen molar-refractivity contribution >= 4 is 41.4 Å². The van der Waals surface area contributed by atoms with E-state index in [9.17, 15) is 46.7 Å². The number of aryl methyl sites for hydroxylation is 1. The highest BCUT2D eigenvalue weighted by Gasteiger charge is 2.47. The number of esters is 1. The average Bonchev–Trinajstić information content (AvgIpc) is 3.83. The lowest BCUT2D eigenvalue weighted by Gasteiger charge is -2.39. The molecule has 2 aromatic rings. The van der Waals surface area contributed by atoms with E-state index in [-0.39, 0.29) is 49.5 Å².